The Morgan fingerprint density at radius 1 is 1.50 bits per heavy atom. The summed E-state index contributed by atoms with van der Waals surface area (Å²) in [6, 6.07) is 0. The molecule has 1 N–H and O–H groups in total. The number of nitrogens with one attached hydrogen (secondary N) is 1. The first-order chi connectivity index (χ1) is 9.65. The number of rotatable bonds is 4. The predicted molar refractivity (Wildman–Crippen MR) is 81.5 cm³/mol. The number of aldehydes is 1. The largest absolute Gasteiger partial charge is 0.325 e. The Morgan fingerprint density at radius 2 is 2.30 bits per heavy atom. The van der Waals surface area contributed by atoms with Crippen LogP contribution in [0.4, 0.5) is 0 Å². The van der Waals surface area contributed by atoms with Gasteiger partial charge in [0.25, 0.3) is 0 Å². The van der Waals surface area contributed by atoms with Crippen LogP contribution < -0.4 is 0 Å². The van der Waals surface area contributed by atoms with Crippen molar-refractivity contribution in [1.82, 2.24) is 14.5 Å². The van der Waals surface area contributed by atoms with Crippen molar-refractivity contribution in [3.63, 3.8) is 0 Å². The molecule has 0 saturated carbocycles. The number of hydrogen-bond donors (Lipinski definition) is 1. The van der Waals surface area contributed by atoms with Crippen molar-refractivity contribution in [2.24, 2.45) is 7.05 Å². The first-order valence-electron chi connectivity index (χ1n) is 5.98. The summed E-state index contributed by atoms with van der Waals surface area (Å²) in [5, 5.41) is 8.45. The van der Waals surface area contributed by atoms with Crippen LogP contribution in [0.5, 0.6) is 0 Å². The minimum atomic E-state index is 0.505. The average Bonchev–Trinajstić information content (AvgIpc) is 3.08. The van der Waals surface area contributed by atoms with E-state index in [1.165, 1.54) is 22.4 Å². The number of thiazole rings is 2. The van der Waals surface area contributed by atoms with Crippen molar-refractivity contribution in [2.45, 2.75) is 13.3 Å². The highest BCUT2D eigenvalue weighted by Gasteiger charge is 2.18. The van der Waals surface area contributed by atoms with Gasteiger partial charge in [0, 0.05) is 30.1 Å². The number of hydrogen-bond acceptors (Lipinski definition) is 6. The van der Waals surface area contributed by atoms with Gasteiger partial charge in [0.1, 0.15) is 5.01 Å². The van der Waals surface area contributed by atoms with Gasteiger partial charge >= 0.3 is 0 Å². The maximum atomic E-state index is 11.1. The number of carbonyl (C=O) groups is 1. The molecule has 0 aliphatic carbocycles. The third-order valence-corrected chi connectivity index (χ3v) is 5.15. The molecule has 0 bridgehead atoms. The van der Waals surface area contributed by atoms with Gasteiger partial charge in [-0.25, -0.2) is 9.97 Å². The molecule has 7 heteroatoms. The number of nitrogens with zero attached hydrogens (tertiary/aromatic N) is 3. The fourth-order valence-corrected chi connectivity index (χ4v) is 3.89. The molecule has 0 aliphatic heterocycles. The highest BCUT2D eigenvalue weighted by atomic mass is 32.1. The summed E-state index contributed by atoms with van der Waals surface area (Å²) in [5.41, 5.74) is 4.80. The van der Waals surface area contributed by atoms with E-state index in [9.17, 15) is 4.79 Å². The van der Waals surface area contributed by atoms with Crippen molar-refractivity contribution in [2.75, 3.05) is 0 Å². The minimum Gasteiger partial charge on any atom is -0.325 e. The van der Waals surface area contributed by atoms with Crippen LogP contribution >= 0.6 is 22.7 Å². The van der Waals surface area contributed by atoms with Gasteiger partial charge < -0.3 is 9.98 Å². The molecule has 0 unspecified atom stereocenters. The van der Waals surface area contributed by atoms with Gasteiger partial charge in [-0.1, -0.05) is 0 Å². The monoisotopic (exact) mass is 304 g/mol. The molecule has 102 valence electrons. The van der Waals surface area contributed by atoms with Gasteiger partial charge in [-0.3, -0.25) is 4.79 Å². The standard InChI is InChI=1S/C13H12N4OS2/c1-7-9(15-6-19-7)3-11-16-13-12(20-11)8(4-14)10(5-18)17(13)2/h4-6,14H,3H2,1-2H3. The summed E-state index contributed by atoms with van der Waals surface area (Å²) in [6.07, 6.45) is 2.70. The summed E-state index contributed by atoms with van der Waals surface area (Å²) in [4.78, 5) is 21.2. The van der Waals surface area contributed by atoms with Crippen molar-refractivity contribution in [3.8, 4) is 0 Å². The summed E-state index contributed by atoms with van der Waals surface area (Å²) in [6.45, 7) is 2.05. The zero-order chi connectivity index (χ0) is 14.3. The molecule has 5 nitrogen and oxygen atoms in total. The maximum absolute atomic E-state index is 11.1. The van der Waals surface area contributed by atoms with E-state index in [0.29, 0.717) is 17.7 Å². The van der Waals surface area contributed by atoms with Crippen molar-refractivity contribution in [1.29, 1.82) is 5.41 Å². The highest BCUT2D eigenvalue weighted by Crippen LogP contribution is 2.30. The Labute approximate surface area is 123 Å². The zero-order valence-electron chi connectivity index (χ0n) is 11.0. The van der Waals surface area contributed by atoms with Crippen LogP contribution in [0.1, 0.15) is 31.6 Å². The second-order valence-electron chi connectivity index (χ2n) is 4.41. The van der Waals surface area contributed by atoms with Gasteiger partial charge in [0.2, 0.25) is 0 Å². The van der Waals surface area contributed by atoms with Crippen LogP contribution in [-0.2, 0) is 13.5 Å². The Morgan fingerprint density at radius 3 is 2.90 bits per heavy atom. The van der Waals surface area contributed by atoms with E-state index in [-0.39, 0.29) is 0 Å². The van der Waals surface area contributed by atoms with Crippen molar-refractivity contribution < 1.29 is 4.79 Å². The van der Waals surface area contributed by atoms with Crippen LogP contribution in [0.25, 0.3) is 10.3 Å². The molecule has 3 heterocycles. The van der Waals surface area contributed by atoms with Crippen LogP contribution in [0.2, 0.25) is 0 Å². The Balaban J connectivity index is 2.10. The molecule has 0 aliphatic rings. The predicted octanol–water partition coefficient (Wildman–Crippen LogP) is 2.80. The van der Waals surface area contributed by atoms with Crippen molar-refractivity contribution in [3.05, 3.63) is 32.3 Å². The summed E-state index contributed by atoms with van der Waals surface area (Å²) >= 11 is 3.16. The summed E-state index contributed by atoms with van der Waals surface area (Å²) in [7, 11) is 1.80. The fraction of sp³-hybridized carbons (Fsp3) is 0.231. The molecule has 3 aromatic heterocycles. The molecule has 0 spiro atoms. The fourth-order valence-electron chi connectivity index (χ4n) is 2.17. The van der Waals surface area contributed by atoms with E-state index in [1.54, 1.807) is 23.0 Å². The van der Waals surface area contributed by atoms with Gasteiger partial charge in [0.05, 0.1) is 21.6 Å². The molecule has 0 radical (unpaired) electrons. The first-order valence-corrected chi connectivity index (χ1v) is 7.68. The second-order valence-corrected chi connectivity index (χ2v) is 6.55. The first kappa shape index (κ1) is 13.1. The lowest BCUT2D eigenvalue weighted by Crippen LogP contribution is -1.98. The number of fused-ring (bicyclic) bond motifs is 1. The molecule has 0 amide bonds. The van der Waals surface area contributed by atoms with Gasteiger partial charge in [-0.2, -0.15) is 0 Å². The van der Waals surface area contributed by atoms with Crippen LogP contribution in [0.15, 0.2) is 5.51 Å². The molecule has 3 rings (SSSR count). The quantitative estimate of drug-likeness (QED) is 0.595. The van der Waals surface area contributed by atoms with Crippen LogP contribution in [-0.4, -0.2) is 27.0 Å². The molecular weight excluding hydrogens is 292 g/mol. The van der Waals surface area contributed by atoms with E-state index in [0.717, 1.165) is 27.3 Å². The molecule has 0 aromatic carbocycles. The van der Waals surface area contributed by atoms with Gasteiger partial charge in [-0.15, -0.1) is 22.7 Å². The van der Waals surface area contributed by atoms with E-state index < -0.39 is 0 Å². The number of aromatic nitrogens is 3. The van der Waals surface area contributed by atoms with Crippen molar-refractivity contribution >= 4 is 45.5 Å². The normalized spacial score (nSPS) is 11.1. The summed E-state index contributed by atoms with van der Waals surface area (Å²) in [5.74, 6) is 0. The molecule has 0 saturated heterocycles. The Kier molecular flexibility index (Phi) is 3.23. The van der Waals surface area contributed by atoms with E-state index in [2.05, 4.69) is 9.97 Å². The smallest absolute Gasteiger partial charge is 0.167 e. The molecule has 0 atom stereocenters. The SMILES string of the molecule is Cc1scnc1Cc1nc2c(s1)c(C=N)c(C=O)n2C. The van der Waals surface area contributed by atoms with E-state index in [1.807, 2.05) is 12.4 Å². The Hall–Kier alpha value is -1.86. The lowest BCUT2D eigenvalue weighted by Gasteiger charge is -1.97. The van der Waals surface area contributed by atoms with E-state index in [4.69, 9.17) is 5.41 Å². The Bertz CT molecular complexity index is 812. The second kappa shape index (κ2) is 4.92. The van der Waals surface area contributed by atoms with E-state index >= 15 is 0 Å². The highest BCUT2D eigenvalue weighted by molar-refractivity contribution is 7.19. The number of aryl methyl sites for hydroxylation is 2. The maximum Gasteiger partial charge on any atom is 0.167 e. The molecular formula is C13H12N4OS2. The molecule has 3 aromatic rings. The minimum absolute atomic E-state index is 0.505. The van der Waals surface area contributed by atoms with Gasteiger partial charge in [0.15, 0.2) is 11.9 Å². The van der Waals surface area contributed by atoms with Crippen LogP contribution in [0, 0.1) is 12.3 Å². The zero-order valence-corrected chi connectivity index (χ0v) is 12.6. The third-order valence-electron chi connectivity index (χ3n) is 3.27. The number of carbonyl (C=O) groups excluding carboxylic acids is 1. The lowest BCUT2D eigenvalue weighted by molar-refractivity contribution is 0.111. The molecule has 20 heavy (non-hydrogen) atoms. The average molecular weight is 304 g/mol. The topological polar surface area (TPSA) is 71.6 Å². The van der Waals surface area contributed by atoms with Gasteiger partial charge in [-0.05, 0) is 6.92 Å². The summed E-state index contributed by atoms with van der Waals surface area (Å²) < 4.78 is 2.64. The molecule has 0 fully saturated rings. The van der Waals surface area contributed by atoms with Crippen LogP contribution in [0.3, 0.4) is 0 Å². The lowest BCUT2D eigenvalue weighted by atomic mass is 10.3. The third kappa shape index (κ3) is 1.90.